The number of aliphatic carboxylic acids is 1. The van der Waals surface area contributed by atoms with Gasteiger partial charge in [-0.3, -0.25) is 9.59 Å². The normalized spacial score (nSPS) is 14.6. The van der Waals surface area contributed by atoms with Gasteiger partial charge >= 0.3 is 5.97 Å². The van der Waals surface area contributed by atoms with Crippen LogP contribution in [0, 0.1) is 12.8 Å². The van der Waals surface area contributed by atoms with Crippen LogP contribution in [0.5, 0.6) is 0 Å². The average Bonchev–Trinajstić information content (AvgIpc) is 2.50. The first-order valence-corrected chi connectivity index (χ1v) is 7.65. The van der Waals surface area contributed by atoms with Gasteiger partial charge in [0.25, 0.3) is 5.91 Å². The van der Waals surface area contributed by atoms with E-state index in [-0.39, 0.29) is 5.92 Å². The zero-order valence-electron chi connectivity index (χ0n) is 14.3. The van der Waals surface area contributed by atoms with Crippen molar-refractivity contribution in [3.63, 3.8) is 0 Å². The van der Waals surface area contributed by atoms with E-state index < -0.39 is 36.0 Å². The fraction of sp³-hybridized carbons (Fsp3) is 0.471. The van der Waals surface area contributed by atoms with Gasteiger partial charge < -0.3 is 20.8 Å². The highest BCUT2D eigenvalue weighted by molar-refractivity contribution is 5.97. The van der Waals surface area contributed by atoms with Crippen molar-refractivity contribution in [1.29, 1.82) is 0 Å². The second-order valence-corrected chi connectivity index (χ2v) is 6.36. The van der Waals surface area contributed by atoms with E-state index in [0.29, 0.717) is 5.56 Å². The standard InChI is InChI=1S/C17H24N2O5/c1-10(2)13(15(21)18-9-17(4,24)16(22)23)19-14(20)12-7-5-11(3)6-8-12/h5-8,10,13,24H,9H2,1-4H3,(H,18,21)(H,19,20)(H,22,23). The van der Waals surface area contributed by atoms with Crippen LogP contribution < -0.4 is 10.6 Å². The van der Waals surface area contributed by atoms with Gasteiger partial charge in [0.2, 0.25) is 5.91 Å². The van der Waals surface area contributed by atoms with Crippen LogP contribution in [0.4, 0.5) is 0 Å². The molecule has 1 aromatic carbocycles. The minimum atomic E-state index is -2.07. The minimum Gasteiger partial charge on any atom is -0.479 e. The maximum atomic E-state index is 12.3. The molecule has 132 valence electrons. The van der Waals surface area contributed by atoms with Crippen molar-refractivity contribution in [2.45, 2.75) is 39.3 Å². The highest BCUT2D eigenvalue weighted by atomic mass is 16.4. The first kappa shape index (κ1) is 19.6. The Labute approximate surface area is 141 Å². The van der Waals surface area contributed by atoms with Crippen LogP contribution >= 0.6 is 0 Å². The third-order valence-electron chi connectivity index (χ3n) is 3.62. The number of rotatable bonds is 7. The number of carbonyl (C=O) groups is 3. The number of carboxylic acid groups (broad SMARTS) is 1. The molecule has 1 aromatic rings. The first-order chi connectivity index (χ1) is 11.0. The minimum absolute atomic E-state index is 0.214. The van der Waals surface area contributed by atoms with E-state index in [1.54, 1.807) is 38.1 Å². The largest absolute Gasteiger partial charge is 0.479 e. The molecular formula is C17H24N2O5. The molecule has 2 atom stereocenters. The predicted octanol–water partition coefficient (Wildman–Crippen LogP) is 0.701. The summed E-state index contributed by atoms with van der Waals surface area (Å²) in [4.78, 5) is 35.4. The molecule has 0 saturated carbocycles. The zero-order valence-corrected chi connectivity index (χ0v) is 14.3. The summed E-state index contributed by atoms with van der Waals surface area (Å²) >= 11 is 0. The van der Waals surface area contributed by atoms with Crippen molar-refractivity contribution in [2.75, 3.05) is 6.54 Å². The molecule has 0 heterocycles. The summed E-state index contributed by atoms with van der Waals surface area (Å²) in [6, 6.07) is 6.07. The molecule has 0 aliphatic heterocycles. The molecule has 0 aliphatic rings. The third-order valence-corrected chi connectivity index (χ3v) is 3.62. The molecule has 2 unspecified atom stereocenters. The van der Waals surface area contributed by atoms with Crippen molar-refractivity contribution in [3.8, 4) is 0 Å². The summed E-state index contributed by atoms with van der Waals surface area (Å²) in [5.41, 5.74) is -0.629. The summed E-state index contributed by atoms with van der Waals surface area (Å²) < 4.78 is 0. The lowest BCUT2D eigenvalue weighted by molar-refractivity contribution is -0.156. The molecule has 4 N–H and O–H groups in total. The molecule has 7 nitrogen and oxygen atoms in total. The zero-order chi connectivity index (χ0) is 18.5. The van der Waals surface area contributed by atoms with Crippen LogP contribution in [0.3, 0.4) is 0 Å². The van der Waals surface area contributed by atoms with Crippen LogP contribution in [0.2, 0.25) is 0 Å². The SMILES string of the molecule is Cc1ccc(C(=O)NC(C(=O)NCC(C)(O)C(=O)O)C(C)C)cc1. The van der Waals surface area contributed by atoms with E-state index in [4.69, 9.17) is 5.11 Å². The Morgan fingerprint density at radius 1 is 1.17 bits per heavy atom. The number of benzene rings is 1. The summed E-state index contributed by atoms with van der Waals surface area (Å²) in [5.74, 6) is -2.59. The van der Waals surface area contributed by atoms with E-state index in [1.165, 1.54) is 0 Å². The van der Waals surface area contributed by atoms with E-state index >= 15 is 0 Å². The topological polar surface area (TPSA) is 116 Å². The first-order valence-electron chi connectivity index (χ1n) is 7.65. The number of aliphatic hydroxyl groups is 1. The molecule has 0 spiro atoms. The summed E-state index contributed by atoms with van der Waals surface area (Å²) in [6.07, 6.45) is 0. The molecule has 24 heavy (non-hydrogen) atoms. The molecule has 0 bridgehead atoms. The Hall–Kier alpha value is -2.41. The number of carbonyl (C=O) groups excluding carboxylic acids is 2. The lowest BCUT2D eigenvalue weighted by atomic mass is 10.0. The molecule has 1 rings (SSSR count). The van der Waals surface area contributed by atoms with E-state index in [1.807, 2.05) is 6.92 Å². The highest BCUT2D eigenvalue weighted by Crippen LogP contribution is 2.08. The Bertz CT molecular complexity index is 608. The van der Waals surface area contributed by atoms with Crippen molar-refractivity contribution in [3.05, 3.63) is 35.4 Å². The van der Waals surface area contributed by atoms with Gasteiger partial charge in [-0.1, -0.05) is 31.5 Å². The fourth-order valence-corrected chi connectivity index (χ4v) is 1.91. The number of carboxylic acids is 1. The average molecular weight is 336 g/mol. The molecule has 0 aliphatic carbocycles. The Morgan fingerprint density at radius 3 is 2.17 bits per heavy atom. The van der Waals surface area contributed by atoms with Gasteiger partial charge in [-0.25, -0.2) is 4.79 Å². The number of hydrogen-bond acceptors (Lipinski definition) is 4. The van der Waals surface area contributed by atoms with Crippen molar-refractivity contribution in [1.82, 2.24) is 10.6 Å². The predicted molar refractivity (Wildman–Crippen MR) is 88.5 cm³/mol. The van der Waals surface area contributed by atoms with Gasteiger partial charge in [-0.2, -0.15) is 0 Å². The smallest absolute Gasteiger partial charge is 0.337 e. The molecule has 0 aromatic heterocycles. The van der Waals surface area contributed by atoms with Crippen LogP contribution in [0.15, 0.2) is 24.3 Å². The van der Waals surface area contributed by atoms with Crippen molar-refractivity contribution < 1.29 is 24.6 Å². The Balaban J connectivity index is 2.76. The fourth-order valence-electron chi connectivity index (χ4n) is 1.91. The van der Waals surface area contributed by atoms with Crippen molar-refractivity contribution >= 4 is 17.8 Å². The van der Waals surface area contributed by atoms with Crippen molar-refractivity contribution in [2.24, 2.45) is 5.92 Å². The molecule has 0 saturated heterocycles. The second-order valence-electron chi connectivity index (χ2n) is 6.36. The Kier molecular flexibility index (Phi) is 6.48. The molecule has 0 fully saturated rings. The Morgan fingerprint density at radius 2 is 1.71 bits per heavy atom. The monoisotopic (exact) mass is 336 g/mol. The van der Waals surface area contributed by atoms with Crippen LogP contribution in [0.25, 0.3) is 0 Å². The van der Waals surface area contributed by atoms with Crippen LogP contribution in [-0.2, 0) is 9.59 Å². The number of aryl methyl sites for hydroxylation is 1. The van der Waals surface area contributed by atoms with E-state index in [0.717, 1.165) is 12.5 Å². The van der Waals surface area contributed by atoms with Crippen LogP contribution in [-0.4, -0.2) is 46.2 Å². The van der Waals surface area contributed by atoms with Gasteiger partial charge in [0.05, 0.1) is 6.54 Å². The van der Waals surface area contributed by atoms with Gasteiger partial charge in [0.1, 0.15) is 6.04 Å². The van der Waals surface area contributed by atoms with Gasteiger partial charge in [-0.15, -0.1) is 0 Å². The second kappa shape index (κ2) is 7.92. The maximum absolute atomic E-state index is 12.3. The lowest BCUT2D eigenvalue weighted by Gasteiger charge is -2.24. The quantitative estimate of drug-likeness (QED) is 0.585. The highest BCUT2D eigenvalue weighted by Gasteiger charge is 2.32. The van der Waals surface area contributed by atoms with Gasteiger partial charge in [0, 0.05) is 5.56 Å². The van der Waals surface area contributed by atoms with Gasteiger partial charge in [0.15, 0.2) is 5.60 Å². The number of nitrogens with one attached hydrogen (secondary N) is 2. The summed E-state index contributed by atoms with van der Waals surface area (Å²) in [6.45, 7) is 6.06. The third kappa shape index (κ3) is 5.34. The van der Waals surface area contributed by atoms with Gasteiger partial charge in [-0.05, 0) is 31.9 Å². The van der Waals surface area contributed by atoms with E-state index in [2.05, 4.69) is 10.6 Å². The molecule has 0 radical (unpaired) electrons. The summed E-state index contributed by atoms with van der Waals surface area (Å²) in [5, 5.41) is 23.5. The number of hydrogen-bond donors (Lipinski definition) is 4. The molecule has 2 amide bonds. The number of amides is 2. The van der Waals surface area contributed by atoms with Crippen LogP contribution in [0.1, 0.15) is 36.7 Å². The molecule has 7 heteroatoms. The lowest BCUT2D eigenvalue weighted by Crippen LogP contribution is -2.54. The summed E-state index contributed by atoms with van der Waals surface area (Å²) in [7, 11) is 0. The maximum Gasteiger partial charge on any atom is 0.337 e. The van der Waals surface area contributed by atoms with E-state index in [9.17, 15) is 19.5 Å². The molecular weight excluding hydrogens is 312 g/mol.